The second-order valence-corrected chi connectivity index (χ2v) is 8.29. The molecule has 1 aromatic carbocycles. The van der Waals surface area contributed by atoms with E-state index >= 15 is 0 Å². The van der Waals surface area contributed by atoms with Gasteiger partial charge in [0.15, 0.2) is 6.61 Å². The molecule has 3 amide bonds. The number of carbonyl (C=O) groups is 3. The molecule has 1 heterocycles. The third-order valence-corrected chi connectivity index (χ3v) is 6.15. The normalized spacial score (nSPS) is 22.0. The molecule has 29 heavy (non-hydrogen) atoms. The van der Waals surface area contributed by atoms with Gasteiger partial charge in [0, 0.05) is 5.69 Å². The number of likely N-dealkylation sites (tertiary alicyclic amines) is 1. The highest BCUT2D eigenvalue weighted by atomic mass is 32.2. The maximum absolute atomic E-state index is 13.0. The Morgan fingerprint density at radius 3 is 2.41 bits per heavy atom. The third-order valence-electron chi connectivity index (χ3n) is 5.51. The van der Waals surface area contributed by atoms with Crippen molar-refractivity contribution in [1.82, 2.24) is 4.90 Å². The number of hydrogen-bond donors (Lipinski definition) is 1. The third kappa shape index (κ3) is 4.73. The largest absolute Gasteiger partial charge is 0.479 e. The van der Waals surface area contributed by atoms with E-state index in [0.717, 1.165) is 25.7 Å². The number of ether oxygens (including phenoxy) is 1. The van der Waals surface area contributed by atoms with Crippen LogP contribution in [-0.4, -0.2) is 47.3 Å². The average Bonchev–Trinajstić information content (AvgIpc) is 2.99. The van der Waals surface area contributed by atoms with Crippen molar-refractivity contribution >= 4 is 35.2 Å². The standard InChI is InChI=1S/C21H25N3O4S/c1-29-13-10-18(24-20(26)16-4-2-3-5-17(16)21(24)27)19(25)23-14-6-8-15(9-7-14)28-12-11-22/h6-9,16-18H,2-5,10,12-13H2,1H3,(H,23,25). The molecule has 2 fully saturated rings. The number of nitrogens with zero attached hydrogens (tertiary/aromatic N) is 2. The first kappa shape index (κ1) is 21.2. The van der Waals surface area contributed by atoms with Crippen molar-refractivity contribution in [2.75, 3.05) is 23.9 Å². The van der Waals surface area contributed by atoms with Crippen LogP contribution in [-0.2, 0) is 14.4 Å². The highest BCUT2D eigenvalue weighted by Crippen LogP contribution is 2.39. The molecule has 1 N–H and O–H groups in total. The Labute approximate surface area is 174 Å². The Morgan fingerprint density at radius 1 is 1.24 bits per heavy atom. The minimum Gasteiger partial charge on any atom is -0.479 e. The number of anilines is 1. The summed E-state index contributed by atoms with van der Waals surface area (Å²) in [5.41, 5.74) is 0.546. The van der Waals surface area contributed by atoms with Crippen molar-refractivity contribution in [2.45, 2.75) is 38.1 Å². The Balaban J connectivity index is 1.74. The van der Waals surface area contributed by atoms with Gasteiger partial charge in [0.05, 0.1) is 11.8 Å². The van der Waals surface area contributed by atoms with Crippen molar-refractivity contribution in [3.05, 3.63) is 24.3 Å². The molecule has 0 aromatic heterocycles. The predicted molar refractivity (Wildman–Crippen MR) is 110 cm³/mol. The molecule has 0 bridgehead atoms. The van der Waals surface area contributed by atoms with E-state index in [1.54, 1.807) is 36.0 Å². The molecule has 1 aromatic rings. The minimum absolute atomic E-state index is 0.0516. The summed E-state index contributed by atoms with van der Waals surface area (Å²) in [6.07, 6.45) is 5.72. The van der Waals surface area contributed by atoms with Crippen LogP contribution in [0, 0.1) is 23.2 Å². The van der Waals surface area contributed by atoms with Crippen LogP contribution in [0.3, 0.4) is 0 Å². The van der Waals surface area contributed by atoms with Crippen LogP contribution in [0.15, 0.2) is 24.3 Å². The van der Waals surface area contributed by atoms with Gasteiger partial charge in [-0.3, -0.25) is 19.3 Å². The van der Waals surface area contributed by atoms with Gasteiger partial charge >= 0.3 is 0 Å². The number of benzene rings is 1. The molecule has 1 aliphatic carbocycles. The molecule has 1 saturated heterocycles. The molecule has 0 radical (unpaired) electrons. The lowest BCUT2D eigenvalue weighted by Crippen LogP contribution is -2.48. The van der Waals surface area contributed by atoms with Gasteiger partial charge in [-0.15, -0.1) is 0 Å². The molecule has 3 atom stereocenters. The van der Waals surface area contributed by atoms with Crippen LogP contribution < -0.4 is 10.1 Å². The van der Waals surface area contributed by atoms with Crippen LogP contribution in [0.5, 0.6) is 5.75 Å². The first-order chi connectivity index (χ1) is 14.1. The molecule has 0 spiro atoms. The minimum atomic E-state index is -0.803. The van der Waals surface area contributed by atoms with Crippen LogP contribution in [0.1, 0.15) is 32.1 Å². The number of thioether (sulfide) groups is 1. The number of fused-ring (bicyclic) bond motifs is 1. The summed E-state index contributed by atoms with van der Waals surface area (Å²) in [7, 11) is 0. The number of rotatable bonds is 8. The number of amides is 3. The van der Waals surface area contributed by atoms with Gasteiger partial charge < -0.3 is 10.1 Å². The molecule has 7 nitrogen and oxygen atoms in total. The quantitative estimate of drug-likeness (QED) is 0.656. The van der Waals surface area contributed by atoms with E-state index in [1.165, 1.54) is 4.90 Å². The molecule has 1 aliphatic heterocycles. The van der Waals surface area contributed by atoms with E-state index in [9.17, 15) is 14.4 Å². The smallest absolute Gasteiger partial charge is 0.247 e. The molecule has 2 aliphatic rings. The topological polar surface area (TPSA) is 99.5 Å². The summed E-state index contributed by atoms with van der Waals surface area (Å²) in [5.74, 6) is -0.0782. The summed E-state index contributed by atoms with van der Waals surface area (Å²) in [6.45, 7) is -0.0516. The fraction of sp³-hybridized carbons (Fsp3) is 0.524. The lowest BCUT2D eigenvalue weighted by atomic mass is 9.81. The SMILES string of the molecule is CSCCC(C(=O)Nc1ccc(OCC#N)cc1)N1C(=O)C2CCCCC2C1=O. The maximum Gasteiger partial charge on any atom is 0.247 e. The molecule has 3 rings (SSSR count). The average molecular weight is 416 g/mol. The number of imide groups is 1. The Hall–Kier alpha value is -2.53. The van der Waals surface area contributed by atoms with Crippen molar-refractivity contribution in [1.29, 1.82) is 5.26 Å². The Morgan fingerprint density at radius 2 is 1.86 bits per heavy atom. The molecular weight excluding hydrogens is 390 g/mol. The van der Waals surface area contributed by atoms with Crippen LogP contribution >= 0.6 is 11.8 Å². The fourth-order valence-corrected chi connectivity index (χ4v) is 4.54. The van der Waals surface area contributed by atoms with Gasteiger partial charge in [-0.25, -0.2) is 0 Å². The van der Waals surface area contributed by atoms with Gasteiger partial charge in [0.1, 0.15) is 17.9 Å². The number of carbonyl (C=O) groups excluding carboxylic acids is 3. The Bertz CT molecular complexity index is 781. The zero-order chi connectivity index (χ0) is 20.8. The summed E-state index contributed by atoms with van der Waals surface area (Å²) in [5, 5.41) is 11.4. The highest BCUT2D eigenvalue weighted by Gasteiger charge is 2.51. The predicted octanol–water partition coefficient (Wildman–Crippen LogP) is 2.82. The first-order valence-corrected chi connectivity index (χ1v) is 11.2. The van der Waals surface area contributed by atoms with Gasteiger partial charge in [0.25, 0.3) is 0 Å². The Kier molecular flexibility index (Phi) is 7.15. The molecule has 3 unspecified atom stereocenters. The van der Waals surface area contributed by atoms with Crippen molar-refractivity contribution in [3.63, 3.8) is 0 Å². The molecule has 1 saturated carbocycles. The number of nitriles is 1. The van der Waals surface area contributed by atoms with E-state index in [4.69, 9.17) is 10.00 Å². The second-order valence-electron chi connectivity index (χ2n) is 7.30. The summed E-state index contributed by atoms with van der Waals surface area (Å²) in [6, 6.07) is 7.75. The van der Waals surface area contributed by atoms with Crippen molar-refractivity contribution in [3.8, 4) is 11.8 Å². The van der Waals surface area contributed by atoms with Gasteiger partial charge in [-0.1, -0.05) is 12.8 Å². The summed E-state index contributed by atoms with van der Waals surface area (Å²) in [4.78, 5) is 40.1. The second kappa shape index (κ2) is 9.79. The van der Waals surface area contributed by atoms with Gasteiger partial charge in [-0.05, 0) is 55.5 Å². The monoisotopic (exact) mass is 415 g/mol. The molecule has 154 valence electrons. The highest BCUT2D eigenvalue weighted by molar-refractivity contribution is 7.98. The summed E-state index contributed by atoms with van der Waals surface area (Å²) < 4.78 is 5.21. The lowest BCUT2D eigenvalue weighted by Gasteiger charge is -2.26. The first-order valence-electron chi connectivity index (χ1n) is 9.83. The van der Waals surface area contributed by atoms with Crippen molar-refractivity contribution < 1.29 is 19.1 Å². The van der Waals surface area contributed by atoms with Gasteiger partial charge in [-0.2, -0.15) is 17.0 Å². The fourth-order valence-electron chi connectivity index (χ4n) is 4.08. The van der Waals surface area contributed by atoms with Crippen LogP contribution in [0.25, 0.3) is 0 Å². The number of nitrogens with one attached hydrogen (secondary N) is 1. The van der Waals surface area contributed by atoms with E-state index in [1.807, 2.05) is 12.3 Å². The van der Waals surface area contributed by atoms with E-state index < -0.39 is 6.04 Å². The lowest BCUT2D eigenvalue weighted by molar-refractivity contribution is -0.146. The van der Waals surface area contributed by atoms with E-state index in [2.05, 4.69) is 5.32 Å². The van der Waals surface area contributed by atoms with E-state index in [0.29, 0.717) is 23.6 Å². The maximum atomic E-state index is 13.0. The molecular formula is C21H25N3O4S. The summed E-state index contributed by atoms with van der Waals surface area (Å²) >= 11 is 1.58. The van der Waals surface area contributed by atoms with Crippen LogP contribution in [0.2, 0.25) is 0 Å². The van der Waals surface area contributed by atoms with Crippen LogP contribution in [0.4, 0.5) is 5.69 Å². The zero-order valence-corrected chi connectivity index (χ0v) is 17.2. The zero-order valence-electron chi connectivity index (χ0n) is 16.4. The van der Waals surface area contributed by atoms with E-state index in [-0.39, 0.29) is 36.2 Å². The number of hydrogen-bond acceptors (Lipinski definition) is 6. The van der Waals surface area contributed by atoms with Gasteiger partial charge in [0.2, 0.25) is 17.7 Å². The molecule has 8 heteroatoms. The van der Waals surface area contributed by atoms with Crippen molar-refractivity contribution in [2.24, 2.45) is 11.8 Å².